The SMILES string of the molecule is CCOC(Cn1cc(C(=O)NCc2cccc(N3CCCC3=O)c2)nn1)OCC. The van der Waals surface area contributed by atoms with Gasteiger partial charge < -0.3 is 19.7 Å². The lowest BCUT2D eigenvalue weighted by Gasteiger charge is -2.16. The molecule has 1 aliphatic rings. The standard InChI is InChI=1S/C20H27N5O4/c1-3-28-19(29-4-2)14-24-13-17(22-23-24)20(27)21-12-15-7-5-8-16(11-15)25-10-6-9-18(25)26/h5,7-8,11,13,19H,3-4,6,9-10,12,14H2,1-2H3,(H,21,27). The summed E-state index contributed by atoms with van der Waals surface area (Å²) >= 11 is 0. The summed E-state index contributed by atoms with van der Waals surface area (Å²) in [7, 11) is 0. The second kappa shape index (κ2) is 10.1. The first kappa shape index (κ1) is 20.9. The van der Waals surface area contributed by atoms with Gasteiger partial charge in [0.2, 0.25) is 5.91 Å². The Labute approximate surface area is 170 Å². The Balaban J connectivity index is 1.56. The van der Waals surface area contributed by atoms with Crippen molar-refractivity contribution >= 4 is 17.5 Å². The predicted molar refractivity (Wildman–Crippen MR) is 106 cm³/mol. The number of ether oxygens (including phenoxy) is 2. The maximum Gasteiger partial charge on any atom is 0.273 e. The fourth-order valence-corrected chi connectivity index (χ4v) is 3.20. The highest BCUT2D eigenvalue weighted by molar-refractivity contribution is 5.95. The number of carbonyl (C=O) groups is 2. The molecular weight excluding hydrogens is 374 g/mol. The Morgan fingerprint density at radius 3 is 2.76 bits per heavy atom. The molecule has 1 aromatic carbocycles. The Morgan fingerprint density at radius 2 is 2.07 bits per heavy atom. The summed E-state index contributed by atoms with van der Waals surface area (Å²) in [6, 6.07) is 7.64. The number of hydrogen-bond acceptors (Lipinski definition) is 6. The van der Waals surface area contributed by atoms with Crippen LogP contribution in [0, 0.1) is 0 Å². The van der Waals surface area contributed by atoms with Crippen LogP contribution in [0.1, 0.15) is 42.7 Å². The molecule has 9 nitrogen and oxygen atoms in total. The minimum absolute atomic E-state index is 0.139. The van der Waals surface area contributed by atoms with Crippen molar-refractivity contribution in [2.45, 2.75) is 46.1 Å². The minimum Gasteiger partial charge on any atom is -0.351 e. The molecule has 3 rings (SSSR count). The van der Waals surface area contributed by atoms with Crippen molar-refractivity contribution in [3.05, 3.63) is 41.7 Å². The molecule has 1 saturated heterocycles. The van der Waals surface area contributed by atoms with Gasteiger partial charge in [-0.3, -0.25) is 9.59 Å². The van der Waals surface area contributed by atoms with Crippen molar-refractivity contribution in [2.75, 3.05) is 24.7 Å². The number of carbonyl (C=O) groups excluding carboxylic acids is 2. The molecular formula is C20H27N5O4. The van der Waals surface area contributed by atoms with E-state index < -0.39 is 6.29 Å². The fourth-order valence-electron chi connectivity index (χ4n) is 3.20. The smallest absolute Gasteiger partial charge is 0.273 e. The molecule has 1 fully saturated rings. The summed E-state index contributed by atoms with van der Waals surface area (Å²) in [5, 5.41) is 10.7. The van der Waals surface area contributed by atoms with E-state index in [-0.39, 0.29) is 17.5 Å². The average molecular weight is 401 g/mol. The highest BCUT2D eigenvalue weighted by atomic mass is 16.7. The van der Waals surface area contributed by atoms with Crippen LogP contribution in [0.5, 0.6) is 0 Å². The molecule has 156 valence electrons. The van der Waals surface area contributed by atoms with Gasteiger partial charge in [-0.25, -0.2) is 4.68 Å². The number of amides is 2. The maximum absolute atomic E-state index is 12.4. The van der Waals surface area contributed by atoms with E-state index in [4.69, 9.17) is 9.47 Å². The first-order valence-electron chi connectivity index (χ1n) is 9.91. The van der Waals surface area contributed by atoms with Crippen LogP contribution < -0.4 is 10.2 Å². The zero-order valence-corrected chi connectivity index (χ0v) is 16.8. The number of aromatic nitrogens is 3. The topological polar surface area (TPSA) is 98.6 Å². The van der Waals surface area contributed by atoms with E-state index in [1.807, 2.05) is 38.1 Å². The first-order valence-corrected chi connectivity index (χ1v) is 9.91. The Hall–Kier alpha value is -2.78. The third kappa shape index (κ3) is 5.61. The third-order valence-electron chi connectivity index (χ3n) is 4.56. The van der Waals surface area contributed by atoms with Gasteiger partial charge in [0, 0.05) is 38.4 Å². The zero-order chi connectivity index (χ0) is 20.6. The average Bonchev–Trinajstić information content (AvgIpc) is 3.36. The van der Waals surface area contributed by atoms with Crippen LogP contribution in [0.3, 0.4) is 0 Å². The van der Waals surface area contributed by atoms with Crippen LogP contribution in [0.4, 0.5) is 5.69 Å². The number of benzene rings is 1. The van der Waals surface area contributed by atoms with Crippen molar-refractivity contribution < 1.29 is 19.1 Å². The van der Waals surface area contributed by atoms with Crippen molar-refractivity contribution in [3.63, 3.8) is 0 Å². The van der Waals surface area contributed by atoms with E-state index in [0.29, 0.717) is 32.7 Å². The summed E-state index contributed by atoms with van der Waals surface area (Å²) in [6.45, 7) is 6.25. The van der Waals surface area contributed by atoms with E-state index in [9.17, 15) is 9.59 Å². The number of rotatable bonds is 10. The molecule has 0 aliphatic carbocycles. The molecule has 0 spiro atoms. The summed E-state index contributed by atoms with van der Waals surface area (Å²) in [6.07, 6.45) is 2.60. The van der Waals surface area contributed by atoms with Crippen molar-refractivity contribution in [2.24, 2.45) is 0 Å². The normalized spacial score (nSPS) is 14.0. The third-order valence-corrected chi connectivity index (χ3v) is 4.56. The molecule has 9 heteroatoms. The number of anilines is 1. The molecule has 1 N–H and O–H groups in total. The lowest BCUT2D eigenvalue weighted by Crippen LogP contribution is -2.25. The maximum atomic E-state index is 12.4. The molecule has 1 aliphatic heterocycles. The summed E-state index contributed by atoms with van der Waals surface area (Å²) in [5.41, 5.74) is 2.00. The molecule has 2 heterocycles. The van der Waals surface area contributed by atoms with Gasteiger partial charge in [-0.05, 0) is 38.0 Å². The molecule has 0 atom stereocenters. The second-order valence-corrected chi connectivity index (χ2v) is 6.67. The van der Waals surface area contributed by atoms with Crippen molar-refractivity contribution in [1.82, 2.24) is 20.3 Å². The van der Waals surface area contributed by atoms with Crippen LogP contribution in [-0.4, -0.2) is 52.9 Å². The van der Waals surface area contributed by atoms with Gasteiger partial charge in [-0.1, -0.05) is 17.3 Å². The largest absolute Gasteiger partial charge is 0.351 e. The summed E-state index contributed by atoms with van der Waals surface area (Å²) in [5.74, 6) is -0.177. The van der Waals surface area contributed by atoms with Gasteiger partial charge in [0.15, 0.2) is 12.0 Å². The van der Waals surface area contributed by atoms with Gasteiger partial charge in [0.05, 0.1) is 12.7 Å². The fraction of sp³-hybridized carbons (Fsp3) is 0.500. The first-order chi connectivity index (χ1) is 14.1. The Kier molecular flexibility index (Phi) is 7.31. The molecule has 0 unspecified atom stereocenters. The van der Waals surface area contributed by atoms with Crippen molar-refractivity contribution in [3.8, 4) is 0 Å². The van der Waals surface area contributed by atoms with Crippen LogP contribution in [0.25, 0.3) is 0 Å². The van der Waals surface area contributed by atoms with E-state index >= 15 is 0 Å². The lowest BCUT2D eigenvalue weighted by molar-refractivity contribution is -0.145. The monoisotopic (exact) mass is 401 g/mol. The molecule has 0 saturated carbocycles. The molecule has 2 aromatic rings. The number of hydrogen-bond donors (Lipinski definition) is 1. The van der Waals surface area contributed by atoms with Gasteiger partial charge in [0.1, 0.15) is 0 Å². The Bertz CT molecular complexity index is 832. The van der Waals surface area contributed by atoms with Gasteiger partial charge in [-0.2, -0.15) is 0 Å². The van der Waals surface area contributed by atoms with Crippen LogP contribution in [0.15, 0.2) is 30.5 Å². The van der Waals surface area contributed by atoms with Gasteiger partial charge >= 0.3 is 0 Å². The van der Waals surface area contributed by atoms with E-state index in [1.165, 1.54) is 4.68 Å². The summed E-state index contributed by atoms with van der Waals surface area (Å²) < 4.78 is 12.5. The van der Waals surface area contributed by atoms with Crippen LogP contribution in [0.2, 0.25) is 0 Å². The van der Waals surface area contributed by atoms with E-state index in [0.717, 1.165) is 24.2 Å². The lowest BCUT2D eigenvalue weighted by atomic mass is 10.2. The molecule has 0 bridgehead atoms. The predicted octanol–water partition coefficient (Wildman–Crippen LogP) is 1.73. The second-order valence-electron chi connectivity index (χ2n) is 6.67. The van der Waals surface area contributed by atoms with Crippen molar-refractivity contribution in [1.29, 1.82) is 0 Å². The van der Waals surface area contributed by atoms with E-state index in [2.05, 4.69) is 15.6 Å². The number of nitrogens with zero attached hydrogens (tertiary/aromatic N) is 4. The van der Waals surface area contributed by atoms with Crippen LogP contribution >= 0.6 is 0 Å². The zero-order valence-electron chi connectivity index (χ0n) is 16.8. The van der Waals surface area contributed by atoms with Gasteiger partial charge in [-0.15, -0.1) is 5.10 Å². The molecule has 0 radical (unpaired) electrons. The molecule has 29 heavy (non-hydrogen) atoms. The summed E-state index contributed by atoms with van der Waals surface area (Å²) in [4.78, 5) is 26.1. The molecule has 1 aromatic heterocycles. The molecule has 2 amide bonds. The minimum atomic E-state index is -0.432. The van der Waals surface area contributed by atoms with E-state index in [1.54, 1.807) is 11.1 Å². The quantitative estimate of drug-likeness (QED) is 0.609. The van der Waals surface area contributed by atoms with Crippen LogP contribution in [-0.2, 0) is 27.4 Å². The highest BCUT2D eigenvalue weighted by Crippen LogP contribution is 2.22. The number of nitrogens with one attached hydrogen (secondary N) is 1. The van der Waals surface area contributed by atoms with Gasteiger partial charge in [0.25, 0.3) is 5.91 Å². The Morgan fingerprint density at radius 1 is 1.28 bits per heavy atom. The highest BCUT2D eigenvalue weighted by Gasteiger charge is 2.21.